The molecule has 10 rings (SSSR count). The summed E-state index contributed by atoms with van der Waals surface area (Å²) >= 11 is 23.7. The summed E-state index contributed by atoms with van der Waals surface area (Å²) in [6, 6.07) is 52.7. The average molecular weight is 1160 g/mol. The minimum absolute atomic E-state index is 0. The van der Waals surface area contributed by atoms with E-state index in [-0.39, 0.29) is 30.6 Å². The fourth-order valence-electron chi connectivity index (χ4n) is 10.2. The van der Waals surface area contributed by atoms with Crippen molar-refractivity contribution in [2.75, 3.05) is 0 Å². The SMILES string of the molecule is BrB1c2ccccc2C2(c3ccccc31)c1ccccc1B(Br)C1C=CC=CC12.Brc1ccccc1C(c1ccccc1Br)(c1ccccc1Br)C1C=CC=CC1Br.C.[2HH]. The first-order chi connectivity index (χ1) is 28.3. The molecule has 2 aliphatic carbocycles. The number of allylic oxidation sites excluding steroid dienone is 8. The van der Waals surface area contributed by atoms with Crippen LogP contribution in [0.3, 0.4) is 0 Å². The number of fused-ring (bicyclic) bond motifs is 8. The van der Waals surface area contributed by atoms with Crippen LogP contribution < -0.4 is 16.4 Å². The first-order valence-electron chi connectivity index (χ1n) is 19.5. The van der Waals surface area contributed by atoms with Crippen LogP contribution >= 0.6 is 95.2 Å². The maximum atomic E-state index is 4.08. The Morgan fingerprint density at radius 3 is 1.36 bits per heavy atom. The largest absolute Gasteiger partial charge is 0.288 e. The summed E-state index contributed by atoms with van der Waals surface area (Å²) in [5, 5.41) is 0. The quantitative estimate of drug-likeness (QED) is 0.0938. The summed E-state index contributed by atoms with van der Waals surface area (Å²) < 4.78 is 3.28. The minimum Gasteiger partial charge on any atom is -0.149 e. The van der Waals surface area contributed by atoms with Gasteiger partial charge in [-0.3, -0.25) is 0 Å². The number of hydrogen-bond donors (Lipinski definition) is 0. The van der Waals surface area contributed by atoms with Crippen LogP contribution in [0.2, 0.25) is 5.82 Å². The van der Waals surface area contributed by atoms with Gasteiger partial charge in [-0.05, 0) is 63.3 Å². The Morgan fingerprint density at radius 1 is 0.475 bits per heavy atom. The zero-order valence-corrected chi connectivity index (χ0v) is 40.7. The zero-order valence-electron chi connectivity index (χ0n) is 31.2. The Hall–Kier alpha value is -2.71. The summed E-state index contributed by atoms with van der Waals surface area (Å²) in [5.74, 6) is 0.917. The number of rotatable bonds is 4. The standard InChI is InChI=1S/C25H18B2Br2.C25H18Br4.CH4.H2/c28-26-21-13-5-1-9-17(21)25(18-10-2-6-14-22(18)26)19-11-3-7-15-23(19)27(29)24-16-8-4-12-20(24)25;26-21-13-5-1-9-17(21)25(18-10-2-6-14-22(18)27,19-11-3-7-15-23(19)28)20-12-4-8-16-24(20)29;;/h2*1-17,21H;1H4;1H/i;;;1+1. The smallest absolute Gasteiger partial charge is 0.149 e. The summed E-state index contributed by atoms with van der Waals surface area (Å²) in [6.07, 6.45) is 18.1. The fourth-order valence-corrected chi connectivity index (χ4v) is 14.5. The lowest BCUT2D eigenvalue weighted by Gasteiger charge is -2.53. The van der Waals surface area contributed by atoms with Gasteiger partial charge in [-0.25, -0.2) is 0 Å². The van der Waals surface area contributed by atoms with Gasteiger partial charge in [-0.1, -0.05) is 264 Å². The Bertz CT molecular complexity index is 2480. The highest BCUT2D eigenvalue weighted by molar-refractivity contribution is 9.25. The Balaban J connectivity index is 0.000000176. The van der Waals surface area contributed by atoms with Crippen LogP contribution in [0, 0.1) is 11.8 Å². The van der Waals surface area contributed by atoms with Crippen molar-refractivity contribution in [3.05, 3.63) is 241 Å². The molecule has 59 heavy (non-hydrogen) atoms. The van der Waals surface area contributed by atoms with Crippen molar-refractivity contribution in [2.24, 2.45) is 11.8 Å². The number of hydrogen-bond acceptors (Lipinski definition) is 0. The molecule has 0 saturated carbocycles. The summed E-state index contributed by atoms with van der Waals surface area (Å²) in [4.78, 5) is 0.179. The molecule has 0 amide bonds. The molecule has 0 nitrogen and oxygen atoms in total. The Kier molecular flexibility index (Phi) is 13.1. The topological polar surface area (TPSA) is 0 Å². The maximum absolute atomic E-state index is 4.08. The van der Waals surface area contributed by atoms with Crippen molar-refractivity contribution in [1.29, 1.82) is 0 Å². The van der Waals surface area contributed by atoms with Gasteiger partial charge in [-0.2, -0.15) is 0 Å². The summed E-state index contributed by atoms with van der Waals surface area (Å²) in [7, 11) is 0. The van der Waals surface area contributed by atoms with Gasteiger partial charge < -0.3 is 0 Å². The molecule has 0 aromatic heterocycles. The predicted molar refractivity (Wildman–Crippen MR) is 279 cm³/mol. The van der Waals surface area contributed by atoms with E-state index in [1.807, 2.05) is 0 Å². The molecule has 294 valence electrons. The van der Waals surface area contributed by atoms with Crippen LogP contribution in [0.4, 0.5) is 0 Å². The number of halogens is 6. The van der Waals surface area contributed by atoms with Crippen molar-refractivity contribution in [3.8, 4) is 0 Å². The van der Waals surface area contributed by atoms with Crippen LogP contribution in [0.5, 0.6) is 0 Å². The molecule has 6 aromatic carbocycles. The molecule has 4 atom stereocenters. The van der Waals surface area contributed by atoms with Crippen molar-refractivity contribution in [2.45, 2.75) is 28.9 Å². The molecular weight excluding hydrogens is 1110 g/mol. The van der Waals surface area contributed by atoms with Crippen LogP contribution in [-0.2, 0) is 10.8 Å². The Morgan fingerprint density at radius 2 is 0.864 bits per heavy atom. The predicted octanol–water partition coefficient (Wildman–Crippen LogP) is 14.3. The van der Waals surface area contributed by atoms with E-state index in [1.165, 1.54) is 49.8 Å². The molecule has 6 aromatic rings. The van der Waals surface area contributed by atoms with Crippen molar-refractivity contribution in [1.82, 2.24) is 0 Å². The number of alkyl halides is 1. The second-order valence-corrected chi connectivity index (χ2v) is 20.7. The van der Waals surface area contributed by atoms with Crippen molar-refractivity contribution < 1.29 is 1.43 Å². The lowest BCUT2D eigenvalue weighted by molar-refractivity contribution is 0.443. The van der Waals surface area contributed by atoms with Gasteiger partial charge >= 0.3 is 0 Å². The van der Waals surface area contributed by atoms with Crippen LogP contribution in [0.15, 0.2) is 208 Å². The normalized spacial score (nSPS) is 20.4. The maximum Gasteiger partial charge on any atom is 0.288 e. The number of benzene rings is 6. The minimum atomic E-state index is -0.435. The lowest BCUT2D eigenvalue weighted by atomic mass is 9.36. The molecule has 4 aliphatic rings. The van der Waals surface area contributed by atoms with E-state index in [4.69, 9.17) is 0 Å². The highest BCUT2D eigenvalue weighted by Gasteiger charge is 2.57. The van der Waals surface area contributed by atoms with Crippen LogP contribution in [0.1, 0.15) is 42.2 Å². The fraction of sp³-hybridized carbons (Fsp3) is 0.137. The Labute approximate surface area is 401 Å². The highest BCUT2D eigenvalue weighted by atomic mass is 79.9. The molecule has 2 aliphatic heterocycles. The molecule has 0 bridgehead atoms. The molecular formula is C51H42B2Br6. The van der Waals surface area contributed by atoms with Gasteiger partial charge in [0, 0.05) is 31.0 Å². The second-order valence-electron chi connectivity index (χ2n) is 15.2. The molecule has 0 saturated heterocycles. The van der Waals surface area contributed by atoms with E-state index in [2.05, 4.69) is 289 Å². The van der Waals surface area contributed by atoms with E-state index in [0.717, 1.165) is 13.4 Å². The van der Waals surface area contributed by atoms with E-state index in [1.54, 1.807) is 0 Å². The second kappa shape index (κ2) is 17.9. The van der Waals surface area contributed by atoms with Gasteiger partial charge in [0.15, 0.2) is 0 Å². The van der Waals surface area contributed by atoms with Crippen LogP contribution in [-0.4, -0.2) is 15.9 Å². The molecule has 2 heterocycles. The van der Waals surface area contributed by atoms with Gasteiger partial charge in [0.2, 0.25) is 0 Å². The van der Waals surface area contributed by atoms with E-state index >= 15 is 0 Å². The van der Waals surface area contributed by atoms with Gasteiger partial charge in [-0.15, -0.1) is 31.5 Å². The molecule has 0 radical (unpaired) electrons. The molecule has 8 heteroatoms. The first-order valence-corrected chi connectivity index (χ1v) is 24.6. The third-order valence-electron chi connectivity index (χ3n) is 12.5. The van der Waals surface area contributed by atoms with Gasteiger partial charge in [0.05, 0.1) is 5.41 Å². The highest BCUT2D eigenvalue weighted by Crippen LogP contribution is 2.57. The summed E-state index contributed by atoms with van der Waals surface area (Å²) in [5.41, 5.74) is 12.1. The van der Waals surface area contributed by atoms with Crippen LogP contribution in [0.25, 0.3) is 0 Å². The molecule has 0 N–H and O–H groups in total. The average Bonchev–Trinajstić information content (AvgIpc) is 3.26. The van der Waals surface area contributed by atoms with Crippen molar-refractivity contribution >= 4 is 123 Å². The van der Waals surface area contributed by atoms with Gasteiger partial charge in [0.1, 0.15) is 0 Å². The third kappa shape index (κ3) is 7.04. The zero-order chi connectivity index (χ0) is 40.0. The first kappa shape index (κ1) is 43.0. The molecule has 4 unspecified atom stereocenters. The molecule has 1 spiro atoms. The third-order valence-corrected chi connectivity index (χ3v) is 17.5. The van der Waals surface area contributed by atoms with E-state index in [9.17, 15) is 0 Å². The van der Waals surface area contributed by atoms with Gasteiger partial charge in [0.25, 0.3) is 11.1 Å². The van der Waals surface area contributed by atoms with Crippen molar-refractivity contribution in [3.63, 3.8) is 0 Å². The van der Waals surface area contributed by atoms with E-state index in [0.29, 0.717) is 17.3 Å². The molecule has 0 fully saturated rings. The van der Waals surface area contributed by atoms with E-state index < -0.39 is 5.41 Å². The lowest BCUT2D eigenvalue weighted by Crippen LogP contribution is -2.61. The monoisotopic (exact) mass is 1150 g/mol. The summed E-state index contributed by atoms with van der Waals surface area (Å²) in [6.45, 7) is 0.